The second-order valence-electron chi connectivity index (χ2n) is 4.34. The summed E-state index contributed by atoms with van der Waals surface area (Å²) in [5.41, 5.74) is 5.54. The Morgan fingerprint density at radius 1 is 1.44 bits per heavy atom. The third-order valence-electron chi connectivity index (χ3n) is 2.26. The molecule has 0 aliphatic heterocycles. The van der Waals surface area contributed by atoms with Crippen LogP contribution >= 0.6 is 15.9 Å². The SMILES string of the molecule is CC(N)CC(=O)NCC(C)Oc1ccccc1Br. The molecule has 0 aromatic heterocycles. The molecular weight excluding hydrogens is 296 g/mol. The van der Waals surface area contributed by atoms with Crippen molar-refractivity contribution in [3.05, 3.63) is 28.7 Å². The minimum absolute atomic E-state index is 0.0485. The third-order valence-corrected chi connectivity index (χ3v) is 2.91. The molecule has 100 valence electrons. The van der Waals surface area contributed by atoms with E-state index < -0.39 is 0 Å². The minimum Gasteiger partial charge on any atom is -0.488 e. The van der Waals surface area contributed by atoms with Crippen LogP contribution < -0.4 is 15.8 Å². The summed E-state index contributed by atoms with van der Waals surface area (Å²) in [6.07, 6.45) is 0.239. The fraction of sp³-hybridized carbons (Fsp3) is 0.462. The lowest BCUT2D eigenvalue weighted by molar-refractivity contribution is -0.121. The molecule has 0 bridgehead atoms. The fourth-order valence-electron chi connectivity index (χ4n) is 1.42. The maximum Gasteiger partial charge on any atom is 0.221 e. The number of para-hydroxylation sites is 1. The second-order valence-corrected chi connectivity index (χ2v) is 5.20. The number of hydrogen-bond donors (Lipinski definition) is 2. The van der Waals surface area contributed by atoms with Crippen LogP contribution in [0.5, 0.6) is 5.75 Å². The molecule has 2 atom stereocenters. The predicted molar refractivity (Wildman–Crippen MR) is 75.5 cm³/mol. The normalized spacial score (nSPS) is 13.8. The summed E-state index contributed by atoms with van der Waals surface area (Å²) < 4.78 is 6.61. The Bertz CT molecular complexity index is 396. The Morgan fingerprint density at radius 3 is 2.72 bits per heavy atom. The van der Waals surface area contributed by atoms with Crippen LogP contribution in [-0.4, -0.2) is 24.6 Å². The molecule has 1 rings (SSSR count). The van der Waals surface area contributed by atoms with Crippen molar-refractivity contribution in [1.29, 1.82) is 0 Å². The average Bonchev–Trinajstić information content (AvgIpc) is 2.29. The molecule has 4 nitrogen and oxygen atoms in total. The van der Waals surface area contributed by atoms with Crippen LogP contribution in [0, 0.1) is 0 Å². The topological polar surface area (TPSA) is 64.4 Å². The van der Waals surface area contributed by atoms with Gasteiger partial charge in [-0.1, -0.05) is 12.1 Å². The molecule has 0 heterocycles. The lowest BCUT2D eigenvalue weighted by atomic mass is 10.2. The standard InChI is InChI=1S/C13H19BrN2O2/c1-9(15)7-13(17)16-8-10(2)18-12-6-4-3-5-11(12)14/h3-6,9-10H,7-8,15H2,1-2H3,(H,16,17). The first-order valence-corrected chi connectivity index (χ1v) is 6.71. The highest BCUT2D eigenvalue weighted by Gasteiger charge is 2.09. The van der Waals surface area contributed by atoms with Gasteiger partial charge in [-0.25, -0.2) is 0 Å². The number of hydrogen-bond acceptors (Lipinski definition) is 3. The quantitative estimate of drug-likeness (QED) is 0.845. The van der Waals surface area contributed by atoms with Gasteiger partial charge < -0.3 is 15.8 Å². The Labute approximate surface area is 116 Å². The highest BCUT2D eigenvalue weighted by molar-refractivity contribution is 9.10. The van der Waals surface area contributed by atoms with Gasteiger partial charge in [0.25, 0.3) is 0 Å². The van der Waals surface area contributed by atoms with Gasteiger partial charge in [0, 0.05) is 12.5 Å². The molecule has 2 unspecified atom stereocenters. The van der Waals surface area contributed by atoms with E-state index in [1.807, 2.05) is 31.2 Å². The maximum absolute atomic E-state index is 11.4. The summed E-state index contributed by atoms with van der Waals surface area (Å²) in [5.74, 6) is 0.721. The number of nitrogens with one attached hydrogen (secondary N) is 1. The maximum atomic E-state index is 11.4. The summed E-state index contributed by atoms with van der Waals surface area (Å²) in [6.45, 7) is 4.18. The largest absolute Gasteiger partial charge is 0.488 e. The van der Waals surface area contributed by atoms with Crippen molar-refractivity contribution in [2.45, 2.75) is 32.4 Å². The number of amides is 1. The lowest BCUT2D eigenvalue weighted by Crippen LogP contribution is -2.36. The zero-order valence-corrected chi connectivity index (χ0v) is 12.2. The van der Waals surface area contributed by atoms with Gasteiger partial charge in [-0.2, -0.15) is 0 Å². The van der Waals surface area contributed by atoms with Gasteiger partial charge in [0.05, 0.1) is 11.0 Å². The molecular formula is C13H19BrN2O2. The van der Waals surface area contributed by atoms with Crippen LogP contribution in [0.4, 0.5) is 0 Å². The molecule has 0 fully saturated rings. The molecule has 1 aromatic rings. The van der Waals surface area contributed by atoms with Crippen molar-refractivity contribution in [2.24, 2.45) is 5.73 Å². The zero-order chi connectivity index (χ0) is 13.5. The molecule has 0 aliphatic carbocycles. The summed E-state index contributed by atoms with van der Waals surface area (Å²) in [6, 6.07) is 7.50. The fourth-order valence-corrected chi connectivity index (χ4v) is 1.80. The minimum atomic E-state index is -0.121. The number of benzene rings is 1. The molecule has 18 heavy (non-hydrogen) atoms. The van der Waals surface area contributed by atoms with Gasteiger partial charge in [-0.3, -0.25) is 4.79 Å². The average molecular weight is 315 g/mol. The van der Waals surface area contributed by atoms with Crippen LogP contribution in [0.15, 0.2) is 28.7 Å². The van der Waals surface area contributed by atoms with Crippen molar-refractivity contribution in [3.8, 4) is 5.75 Å². The third kappa shape index (κ3) is 5.51. The van der Waals surface area contributed by atoms with E-state index >= 15 is 0 Å². The molecule has 0 spiro atoms. The lowest BCUT2D eigenvalue weighted by Gasteiger charge is -2.16. The highest BCUT2D eigenvalue weighted by atomic mass is 79.9. The smallest absolute Gasteiger partial charge is 0.221 e. The summed E-state index contributed by atoms with van der Waals surface area (Å²) >= 11 is 3.41. The van der Waals surface area contributed by atoms with Crippen LogP contribution in [-0.2, 0) is 4.79 Å². The number of carbonyl (C=O) groups excluding carboxylic acids is 1. The Balaban J connectivity index is 2.36. The van der Waals surface area contributed by atoms with E-state index in [4.69, 9.17) is 10.5 Å². The Kier molecular flexibility index (Phi) is 6.15. The Morgan fingerprint density at radius 2 is 2.11 bits per heavy atom. The summed E-state index contributed by atoms with van der Waals surface area (Å²) in [4.78, 5) is 11.4. The monoisotopic (exact) mass is 314 g/mol. The molecule has 1 aromatic carbocycles. The van der Waals surface area contributed by atoms with E-state index in [0.29, 0.717) is 13.0 Å². The van der Waals surface area contributed by atoms with Gasteiger partial charge in [-0.05, 0) is 41.9 Å². The van der Waals surface area contributed by atoms with Crippen molar-refractivity contribution >= 4 is 21.8 Å². The first kappa shape index (κ1) is 15.0. The summed E-state index contributed by atoms with van der Waals surface area (Å²) in [7, 11) is 0. The highest BCUT2D eigenvalue weighted by Crippen LogP contribution is 2.24. The number of ether oxygens (including phenoxy) is 1. The van der Waals surface area contributed by atoms with Crippen LogP contribution in [0.3, 0.4) is 0 Å². The van der Waals surface area contributed by atoms with E-state index in [9.17, 15) is 4.79 Å². The van der Waals surface area contributed by atoms with Crippen molar-refractivity contribution < 1.29 is 9.53 Å². The van der Waals surface area contributed by atoms with Crippen LogP contribution in [0.1, 0.15) is 20.3 Å². The second kappa shape index (κ2) is 7.38. The van der Waals surface area contributed by atoms with Crippen molar-refractivity contribution in [1.82, 2.24) is 5.32 Å². The number of halogens is 1. The van der Waals surface area contributed by atoms with E-state index in [2.05, 4.69) is 21.2 Å². The molecule has 1 amide bonds. The number of rotatable bonds is 6. The van der Waals surface area contributed by atoms with Gasteiger partial charge in [-0.15, -0.1) is 0 Å². The van der Waals surface area contributed by atoms with Crippen LogP contribution in [0.25, 0.3) is 0 Å². The van der Waals surface area contributed by atoms with E-state index in [0.717, 1.165) is 10.2 Å². The molecule has 0 aliphatic rings. The molecule has 5 heteroatoms. The van der Waals surface area contributed by atoms with Crippen molar-refractivity contribution in [3.63, 3.8) is 0 Å². The van der Waals surface area contributed by atoms with E-state index in [1.165, 1.54) is 0 Å². The Hall–Kier alpha value is -1.07. The van der Waals surface area contributed by atoms with Gasteiger partial charge in [0.2, 0.25) is 5.91 Å². The molecule has 0 saturated heterocycles. The first-order chi connectivity index (χ1) is 8.49. The predicted octanol–water partition coefficient (Wildman–Crippen LogP) is 2.07. The molecule has 0 saturated carbocycles. The first-order valence-electron chi connectivity index (χ1n) is 5.92. The summed E-state index contributed by atoms with van der Waals surface area (Å²) in [5, 5.41) is 2.79. The van der Waals surface area contributed by atoms with Crippen LogP contribution in [0.2, 0.25) is 0 Å². The van der Waals surface area contributed by atoms with Gasteiger partial charge in [0.1, 0.15) is 11.9 Å². The molecule has 3 N–H and O–H groups in total. The number of carbonyl (C=O) groups is 1. The zero-order valence-electron chi connectivity index (χ0n) is 10.7. The number of nitrogens with two attached hydrogens (primary N) is 1. The van der Waals surface area contributed by atoms with E-state index in [-0.39, 0.29) is 18.1 Å². The molecule has 0 radical (unpaired) electrons. The van der Waals surface area contributed by atoms with Gasteiger partial charge in [0.15, 0.2) is 0 Å². The van der Waals surface area contributed by atoms with Gasteiger partial charge >= 0.3 is 0 Å². The van der Waals surface area contributed by atoms with Crippen molar-refractivity contribution in [2.75, 3.05) is 6.54 Å². The van der Waals surface area contributed by atoms with E-state index in [1.54, 1.807) is 6.92 Å².